The predicted octanol–water partition coefficient (Wildman–Crippen LogP) is 0.181. The summed E-state index contributed by atoms with van der Waals surface area (Å²) < 4.78 is 8.04. The Labute approximate surface area is 128 Å². The van der Waals surface area contributed by atoms with E-state index in [1.54, 1.807) is 7.05 Å². The quantitative estimate of drug-likeness (QED) is 0.842. The first-order valence-electron chi connectivity index (χ1n) is 7.39. The van der Waals surface area contributed by atoms with E-state index in [1.165, 1.54) is 11.6 Å². The first-order chi connectivity index (χ1) is 10.3. The van der Waals surface area contributed by atoms with Crippen LogP contribution in [0.1, 0.15) is 25.8 Å². The molecule has 0 bridgehead atoms. The van der Waals surface area contributed by atoms with E-state index in [2.05, 4.69) is 19.2 Å². The van der Waals surface area contributed by atoms with E-state index >= 15 is 0 Å². The van der Waals surface area contributed by atoms with Crippen molar-refractivity contribution in [2.24, 2.45) is 25.4 Å². The van der Waals surface area contributed by atoms with E-state index in [0.717, 1.165) is 17.6 Å². The third-order valence-corrected chi connectivity index (χ3v) is 5.17. The molecule has 2 heterocycles. The number of rotatable bonds is 2. The molecule has 1 aromatic heterocycles. The van der Waals surface area contributed by atoms with Crippen LogP contribution in [-0.2, 0) is 18.8 Å². The van der Waals surface area contributed by atoms with Gasteiger partial charge >= 0.3 is 5.69 Å². The van der Waals surface area contributed by atoms with Crippen LogP contribution in [0.25, 0.3) is 0 Å². The van der Waals surface area contributed by atoms with Crippen molar-refractivity contribution in [1.29, 1.82) is 5.26 Å². The number of aromatic nitrogens is 2. The smallest absolute Gasteiger partial charge is 0.332 e. The summed E-state index contributed by atoms with van der Waals surface area (Å²) in [7, 11) is 2.95. The average Bonchev–Trinajstić information content (AvgIpc) is 2.94. The van der Waals surface area contributed by atoms with Crippen molar-refractivity contribution in [1.82, 2.24) is 9.13 Å². The summed E-state index contributed by atoms with van der Waals surface area (Å²) in [5.41, 5.74) is -1.14. The highest BCUT2D eigenvalue weighted by Gasteiger charge is 2.59. The summed E-state index contributed by atoms with van der Waals surface area (Å²) in [5.74, 6) is 0.653. The minimum absolute atomic E-state index is 0.0252. The van der Waals surface area contributed by atoms with Crippen molar-refractivity contribution in [2.45, 2.75) is 32.4 Å². The molecule has 0 unspecified atom stereocenters. The van der Waals surface area contributed by atoms with Gasteiger partial charge in [-0.15, -0.1) is 0 Å². The van der Waals surface area contributed by atoms with Gasteiger partial charge in [-0.1, -0.05) is 13.8 Å². The number of fused-ring (bicyclic) bond motifs is 1. The molecule has 0 amide bonds. The van der Waals surface area contributed by atoms with Gasteiger partial charge < -0.3 is 10.1 Å². The first kappa shape index (κ1) is 14.9. The minimum atomic E-state index is -0.565. The van der Waals surface area contributed by atoms with Gasteiger partial charge in [-0.05, 0) is 6.42 Å². The molecule has 2 aliphatic rings. The molecule has 1 saturated carbocycles. The fraction of sp³-hybridized carbons (Fsp3) is 0.667. The molecule has 3 atom stereocenters. The largest absolute Gasteiger partial charge is 0.377 e. The molecule has 7 heteroatoms. The van der Waals surface area contributed by atoms with Crippen LogP contribution < -0.4 is 16.6 Å². The van der Waals surface area contributed by atoms with Crippen LogP contribution in [0.4, 0.5) is 5.82 Å². The fourth-order valence-electron chi connectivity index (χ4n) is 3.88. The van der Waals surface area contributed by atoms with Gasteiger partial charge in [0.05, 0.1) is 6.10 Å². The monoisotopic (exact) mass is 304 g/mol. The lowest BCUT2D eigenvalue weighted by Crippen LogP contribution is -2.63. The molecule has 118 valence electrons. The Morgan fingerprint density at radius 3 is 2.64 bits per heavy atom. The number of anilines is 1. The van der Waals surface area contributed by atoms with Crippen molar-refractivity contribution in [3.63, 3.8) is 0 Å². The normalized spacial score (nSPS) is 28.6. The van der Waals surface area contributed by atoms with Crippen molar-refractivity contribution >= 4 is 5.82 Å². The molecule has 0 aromatic carbocycles. The second-order valence-corrected chi connectivity index (χ2v) is 6.73. The van der Waals surface area contributed by atoms with E-state index in [4.69, 9.17) is 4.74 Å². The minimum Gasteiger partial charge on any atom is -0.377 e. The predicted molar refractivity (Wildman–Crippen MR) is 80.7 cm³/mol. The Morgan fingerprint density at radius 2 is 2.00 bits per heavy atom. The average molecular weight is 304 g/mol. The van der Waals surface area contributed by atoms with Crippen LogP contribution in [0, 0.1) is 22.7 Å². The molecule has 22 heavy (non-hydrogen) atoms. The van der Waals surface area contributed by atoms with Crippen molar-refractivity contribution < 1.29 is 4.74 Å². The number of ether oxygens (including phenoxy) is 1. The molecule has 0 spiro atoms. The van der Waals surface area contributed by atoms with E-state index in [1.807, 2.05) is 6.07 Å². The van der Waals surface area contributed by atoms with Crippen LogP contribution in [0.3, 0.4) is 0 Å². The summed E-state index contributed by atoms with van der Waals surface area (Å²) in [6, 6.07) is 2.00. The Morgan fingerprint density at radius 1 is 1.32 bits per heavy atom. The van der Waals surface area contributed by atoms with E-state index < -0.39 is 11.2 Å². The zero-order valence-electron chi connectivity index (χ0n) is 13.2. The van der Waals surface area contributed by atoms with Gasteiger partial charge in [-0.2, -0.15) is 5.26 Å². The van der Waals surface area contributed by atoms with Crippen LogP contribution in [0.15, 0.2) is 9.59 Å². The third-order valence-electron chi connectivity index (χ3n) is 5.17. The molecule has 0 radical (unpaired) electrons. The van der Waals surface area contributed by atoms with Gasteiger partial charge in [-0.3, -0.25) is 13.9 Å². The number of hydrogen-bond donors (Lipinski definition) is 1. The highest BCUT2D eigenvalue weighted by molar-refractivity contribution is 5.53. The van der Waals surface area contributed by atoms with E-state index in [0.29, 0.717) is 11.7 Å². The molecule has 3 rings (SSSR count). The lowest BCUT2D eigenvalue weighted by molar-refractivity contribution is -0.0925. The molecule has 2 fully saturated rings. The Kier molecular flexibility index (Phi) is 3.18. The Hall–Kier alpha value is -2.07. The van der Waals surface area contributed by atoms with Gasteiger partial charge in [0.15, 0.2) is 5.56 Å². The van der Waals surface area contributed by atoms with Crippen LogP contribution in [0.2, 0.25) is 0 Å². The lowest BCUT2D eigenvalue weighted by atomic mass is 9.57. The topological polar surface area (TPSA) is 89.1 Å². The van der Waals surface area contributed by atoms with E-state index in [9.17, 15) is 14.9 Å². The second kappa shape index (κ2) is 4.71. The molecular formula is C15H20N4O3. The summed E-state index contributed by atoms with van der Waals surface area (Å²) in [5, 5.41) is 12.6. The van der Waals surface area contributed by atoms with E-state index in [-0.39, 0.29) is 23.1 Å². The molecule has 1 N–H and O–H groups in total. The third kappa shape index (κ3) is 1.77. The van der Waals surface area contributed by atoms with Crippen molar-refractivity contribution in [3.05, 3.63) is 26.4 Å². The molecule has 1 saturated heterocycles. The lowest BCUT2D eigenvalue weighted by Gasteiger charge is -2.55. The highest BCUT2D eigenvalue weighted by Crippen LogP contribution is 2.53. The first-order valence-corrected chi connectivity index (χ1v) is 7.39. The second-order valence-electron chi connectivity index (χ2n) is 6.73. The maximum Gasteiger partial charge on any atom is 0.332 e. The molecule has 1 aliphatic heterocycles. The van der Waals surface area contributed by atoms with Gasteiger partial charge in [0, 0.05) is 38.1 Å². The number of hydrogen-bond acceptors (Lipinski definition) is 5. The van der Waals surface area contributed by atoms with Gasteiger partial charge in [0.2, 0.25) is 0 Å². The maximum atomic E-state index is 12.1. The SMILES string of the molecule is Cn1c(N[C@@H]2[C@H]3CCO[C@@H]3C2(C)C)c(C#N)c(=O)n(C)c1=O. The maximum absolute atomic E-state index is 12.1. The van der Waals surface area contributed by atoms with Gasteiger partial charge in [0.1, 0.15) is 11.9 Å². The fourth-order valence-corrected chi connectivity index (χ4v) is 3.88. The summed E-state index contributed by atoms with van der Waals surface area (Å²) >= 11 is 0. The molecule has 7 nitrogen and oxygen atoms in total. The summed E-state index contributed by atoms with van der Waals surface area (Å²) in [4.78, 5) is 24.2. The van der Waals surface area contributed by atoms with Crippen molar-refractivity contribution in [2.75, 3.05) is 11.9 Å². The van der Waals surface area contributed by atoms with Crippen molar-refractivity contribution in [3.8, 4) is 6.07 Å². The Balaban J connectivity index is 2.06. The van der Waals surface area contributed by atoms with Gasteiger partial charge in [0.25, 0.3) is 5.56 Å². The number of nitriles is 1. The zero-order valence-corrected chi connectivity index (χ0v) is 13.2. The molecule has 1 aliphatic carbocycles. The number of nitrogens with one attached hydrogen (secondary N) is 1. The van der Waals surface area contributed by atoms with Crippen LogP contribution in [0.5, 0.6) is 0 Å². The summed E-state index contributed by atoms with van der Waals surface area (Å²) in [6.45, 7) is 4.93. The molecule has 1 aromatic rings. The van der Waals surface area contributed by atoms with Crippen LogP contribution >= 0.6 is 0 Å². The number of nitrogens with zero attached hydrogens (tertiary/aromatic N) is 3. The standard InChI is InChI=1S/C15H20N4O3/c1-15(2)10(8-5-6-22-11(8)15)17-12-9(7-16)13(20)19(4)14(21)18(12)3/h8,10-11,17H,5-6H2,1-4H3/t8-,10-,11+/m1/s1. The Bertz CT molecular complexity index is 784. The van der Waals surface area contributed by atoms with Crippen LogP contribution in [-0.4, -0.2) is 27.9 Å². The summed E-state index contributed by atoms with van der Waals surface area (Å²) in [6.07, 6.45) is 1.14. The van der Waals surface area contributed by atoms with Gasteiger partial charge in [-0.25, -0.2) is 4.79 Å². The zero-order chi connectivity index (χ0) is 16.2. The highest BCUT2D eigenvalue weighted by atomic mass is 16.5. The molecular weight excluding hydrogens is 284 g/mol.